The molecule has 1 aromatic heterocycles. The SMILES string of the molecule is CCCn1c(Cc2ccc(Cl)c(Cl)c2)nnc1S(N)(=O)=O. The largest absolute Gasteiger partial charge is 0.300 e. The predicted molar refractivity (Wildman–Crippen MR) is 81.0 cm³/mol. The van der Waals surface area contributed by atoms with Crippen LogP contribution in [-0.4, -0.2) is 23.2 Å². The van der Waals surface area contributed by atoms with Gasteiger partial charge in [-0.3, -0.25) is 0 Å². The Balaban J connectivity index is 2.40. The van der Waals surface area contributed by atoms with Crippen LogP contribution in [0.15, 0.2) is 23.4 Å². The number of halogens is 2. The summed E-state index contributed by atoms with van der Waals surface area (Å²) in [5, 5.41) is 13.4. The highest BCUT2D eigenvalue weighted by Crippen LogP contribution is 2.24. The number of nitrogens with zero attached hydrogens (tertiary/aromatic N) is 3. The first-order chi connectivity index (χ1) is 9.82. The van der Waals surface area contributed by atoms with Crippen molar-refractivity contribution >= 4 is 33.2 Å². The molecule has 9 heteroatoms. The van der Waals surface area contributed by atoms with Crippen molar-refractivity contribution in [1.82, 2.24) is 14.8 Å². The molecule has 0 fully saturated rings. The van der Waals surface area contributed by atoms with Gasteiger partial charge in [0.05, 0.1) is 10.0 Å². The predicted octanol–water partition coefficient (Wildman–Crippen LogP) is 2.23. The molecule has 0 spiro atoms. The lowest BCUT2D eigenvalue weighted by Crippen LogP contribution is -2.19. The molecular formula is C12H14Cl2N4O2S. The molecule has 0 aliphatic heterocycles. The Hall–Kier alpha value is -1.15. The van der Waals surface area contributed by atoms with Crippen molar-refractivity contribution in [2.75, 3.05) is 0 Å². The maximum absolute atomic E-state index is 11.5. The summed E-state index contributed by atoms with van der Waals surface area (Å²) in [6.07, 6.45) is 1.12. The molecule has 1 heterocycles. The Kier molecular flexibility index (Phi) is 4.88. The molecule has 21 heavy (non-hydrogen) atoms. The minimum absolute atomic E-state index is 0.223. The Morgan fingerprint density at radius 1 is 1.24 bits per heavy atom. The van der Waals surface area contributed by atoms with Crippen molar-refractivity contribution < 1.29 is 8.42 Å². The Labute approximate surface area is 132 Å². The normalized spacial score (nSPS) is 11.8. The van der Waals surface area contributed by atoms with Gasteiger partial charge in [0.1, 0.15) is 5.82 Å². The average molecular weight is 349 g/mol. The molecule has 114 valence electrons. The zero-order valence-corrected chi connectivity index (χ0v) is 13.6. The first kappa shape index (κ1) is 16.2. The number of nitrogens with two attached hydrogens (primary N) is 1. The highest BCUT2D eigenvalue weighted by molar-refractivity contribution is 7.89. The van der Waals surface area contributed by atoms with Crippen LogP contribution in [0.2, 0.25) is 10.0 Å². The molecule has 1 aromatic carbocycles. The molecule has 0 amide bonds. The van der Waals surface area contributed by atoms with Gasteiger partial charge in [-0.2, -0.15) is 0 Å². The molecule has 0 bridgehead atoms. The van der Waals surface area contributed by atoms with Gasteiger partial charge < -0.3 is 4.57 Å². The van der Waals surface area contributed by atoms with E-state index in [2.05, 4.69) is 10.2 Å². The van der Waals surface area contributed by atoms with Crippen LogP contribution in [0.25, 0.3) is 0 Å². The second kappa shape index (κ2) is 6.31. The molecule has 0 radical (unpaired) electrons. The van der Waals surface area contributed by atoms with Crippen LogP contribution in [-0.2, 0) is 23.0 Å². The van der Waals surface area contributed by atoms with Gasteiger partial charge in [0.25, 0.3) is 15.2 Å². The fourth-order valence-electron chi connectivity index (χ4n) is 1.94. The average Bonchev–Trinajstić information content (AvgIpc) is 2.77. The van der Waals surface area contributed by atoms with Gasteiger partial charge in [-0.05, 0) is 24.1 Å². The van der Waals surface area contributed by atoms with Gasteiger partial charge >= 0.3 is 0 Å². The van der Waals surface area contributed by atoms with Crippen molar-refractivity contribution in [1.29, 1.82) is 0 Å². The Morgan fingerprint density at radius 3 is 2.52 bits per heavy atom. The number of rotatable bonds is 5. The van der Waals surface area contributed by atoms with E-state index >= 15 is 0 Å². The van der Waals surface area contributed by atoms with Gasteiger partial charge in [-0.25, -0.2) is 13.6 Å². The van der Waals surface area contributed by atoms with E-state index in [0.29, 0.717) is 28.8 Å². The standard InChI is InChI=1S/C12H14Cl2N4O2S/c1-2-5-18-11(16-17-12(18)21(15,19)20)7-8-3-4-9(13)10(14)6-8/h3-4,6H,2,5,7H2,1H3,(H2,15,19,20). The summed E-state index contributed by atoms with van der Waals surface area (Å²) in [5.74, 6) is 0.513. The summed E-state index contributed by atoms with van der Waals surface area (Å²) in [4.78, 5) is 0. The van der Waals surface area contributed by atoms with Crippen LogP contribution in [0.4, 0.5) is 0 Å². The topological polar surface area (TPSA) is 90.9 Å². The van der Waals surface area contributed by atoms with Gasteiger partial charge in [0.15, 0.2) is 0 Å². The minimum atomic E-state index is -3.90. The van der Waals surface area contributed by atoms with Crippen LogP contribution < -0.4 is 5.14 Å². The first-order valence-electron chi connectivity index (χ1n) is 6.21. The van der Waals surface area contributed by atoms with E-state index in [4.69, 9.17) is 28.3 Å². The van der Waals surface area contributed by atoms with Crippen LogP contribution >= 0.6 is 23.2 Å². The molecule has 2 aromatic rings. The molecule has 0 aliphatic rings. The number of hydrogen-bond acceptors (Lipinski definition) is 4. The lowest BCUT2D eigenvalue weighted by molar-refractivity contribution is 0.550. The second-order valence-corrected chi connectivity index (χ2v) is 6.79. The van der Waals surface area contributed by atoms with E-state index in [1.165, 1.54) is 4.57 Å². The quantitative estimate of drug-likeness (QED) is 0.896. The number of sulfonamides is 1. The van der Waals surface area contributed by atoms with Crippen molar-refractivity contribution in [3.63, 3.8) is 0 Å². The maximum atomic E-state index is 11.5. The zero-order chi connectivity index (χ0) is 15.6. The lowest BCUT2D eigenvalue weighted by Gasteiger charge is -2.08. The lowest BCUT2D eigenvalue weighted by atomic mass is 10.1. The minimum Gasteiger partial charge on any atom is -0.300 e. The van der Waals surface area contributed by atoms with Gasteiger partial charge in [-0.1, -0.05) is 36.2 Å². The van der Waals surface area contributed by atoms with Crippen molar-refractivity contribution in [3.05, 3.63) is 39.6 Å². The van der Waals surface area contributed by atoms with E-state index in [1.807, 2.05) is 6.92 Å². The van der Waals surface area contributed by atoms with Crippen molar-refractivity contribution in [3.8, 4) is 0 Å². The molecule has 0 saturated heterocycles. The van der Waals surface area contributed by atoms with E-state index < -0.39 is 10.0 Å². The molecule has 2 N–H and O–H groups in total. The number of benzene rings is 1. The van der Waals surface area contributed by atoms with Crippen LogP contribution in [0.1, 0.15) is 24.7 Å². The Bertz CT molecular complexity index is 759. The fourth-order valence-corrected chi connectivity index (χ4v) is 2.92. The molecule has 0 saturated carbocycles. The van der Waals surface area contributed by atoms with Crippen molar-refractivity contribution in [2.45, 2.75) is 31.5 Å². The van der Waals surface area contributed by atoms with Crippen molar-refractivity contribution in [2.24, 2.45) is 5.14 Å². The summed E-state index contributed by atoms with van der Waals surface area (Å²) in [7, 11) is -3.90. The van der Waals surface area contributed by atoms with Gasteiger partial charge in [0, 0.05) is 13.0 Å². The summed E-state index contributed by atoms with van der Waals surface area (Å²) in [6, 6.07) is 5.20. The molecule has 6 nitrogen and oxygen atoms in total. The molecule has 2 rings (SSSR count). The summed E-state index contributed by atoms with van der Waals surface area (Å²) >= 11 is 11.8. The fraction of sp³-hybridized carbons (Fsp3) is 0.333. The van der Waals surface area contributed by atoms with Gasteiger partial charge in [0.2, 0.25) is 0 Å². The van der Waals surface area contributed by atoms with E-state index in [1.54, 1.807) is 18.2 Å². The highest BCUT2D eigenvalue weighted by Gasteiger charge is 2.20. The third-order valence-corrected chi connectivity index (χ3v) is 4.39. The molecule has 0 aliphatic carbocycles. The maximum Gasteiger partial charge on any atom is 0.273 e. The Morgan fingerprint density at radius 2 is 1.95 bits per heavy atom. The summed E-state index contributed by atoms with van der Waals surface area (Å²) < 4.78 is 24.5. The first-order valence-corrected chi connectivity index (χ1v) is 8.52. The van der Waals surface area contributed by atoms with Crippen LogP contribution in [0, 0.1) is 0 Å². The third kappa shape index (κ3) is 3.74. The monoisotopic (exact) mass is 348 g/mol. The van der Waals surface area contributed by atoms with E-state index in [0.717, 1.165) is 12.0 Å². The summed E-state index contributed by atoms with van der Waals surface area (Å²) in [6.45, 7) is 2.39. The van der Waals surface area contributed by atoms with Gasteiger partial charge in [-0.15, -0.1) is 10.2 Å². The molecule has 0 atom stereocenters. The number of primary sulfonamides is 1. The molecule has 0 unspecified atom stereocenters. The summed E-state index contributed by atoms with van der Waals surface area (Å²) in [5.41, 5.74) is 0.857. The highest BCUT2D eigenvalue weighted by atomic mass is 35.5. The van der Waals surface area contributed by atoms with E-state index in [-0.39, 0.29) is 5.16 Å². The smallest absolute Gasteiger partial charge is 0.273 e. The molecular weight excluding hydrogens is 335 g/mol. The van der Waals surface area contributed by atoms with E-state index in [9.17, 15) is 8.42 Å². The third-order valence-electron chi connectivity index (χ3n) is 2.84. The second-order valence-electron chi connectivity index (χ2n) is 4.52. The number of hydrogen-bond donors (Lipinski definition) is 1. The van der Waals surface area contributed by atoms with Crippen LogP contribution in [0.5, 0.6) is 0 Å². The number of aromatic nitrogens is 3. The zero-order valence-electron chi connectivity index (χ0n) is 11.3. The van der Waals surface area contributed by atoms with Crippen LogP contribution in [0.3, 0.4) is 0 Å².